The second-order valence-corrected chi connectivity index (χ2v) is 15.7. The molecule has 1 aliphatic heterocycles. The van der Waals surface area contributed by atoms with Gasteiger partial charge in [-0.2, -0.15) is 0 Å². The number of nitrogens with zero attached hydrogens (tertiary/aromatic N) is 1. The van der Waals surface area contributed by atoms with Gasteiger partial charge in [0.1, 0.15) is 15.9 Å². The summed E-state index contributed by atoms with van der Waals surface area (Å²) in [6, 6.07) is 19.7. The molecular weight excluding hydrogens is 604 g/mol. The summed E-state index contributed by atoms with van der Waals surface area (Å²) in [5, 5.41) is 11.5. The number of carboxylic acid groups (broad SMARTS) is 1. The Bertz CT molecular complexity index is 1710. The van der Waals surface area contributed by atoms with Gasteiger partial charge in [0.25, 0.3) is 5.91 Å². The number of hydrogen-bond donors (Lipinski definition) is 2. The number of likely N-dealkylation sites (tertiary alicyclic amines) is 1. The molecule has 1 amide bonds. The van der Waals surface area contributed by atoms with Crippen LogP contribution in [0.25, 0.3) is 11.1 Å². The van der Waals surface area contributed by atoms with Crippen molar-refractivity contribution < 1.29 is 36.3 Å². The van der Waals surface area contributed by atoms with Gasteiger partial charge in [-0.05, 0) is 66.3 Å². The molecule has 236 valence electrons. The summed E-state index contributed by atoms with van der Waals surface area (Å²) >= 11 is 0. The van der Waals surface area contributed by atoms with Gasteiger partial charge >= 0.3 is 5.97 Å². The number of aryl methyl sites for hydroxylation is 1. The van der Waals surface area contributed by atoms with Gasteiger partial charge in [0, 0.05) is 38.1 Å². The van der Waals surface area contributed by atoms with Gasteiger partial charge in [0.15, 0.2) is 9.84 Å². The Balaban J connectivity index is 1.64. The first-order valence-corrected chi connectivity index (χ1v) is 17.8. The molecule has 4 rings (SSSR count). The van der Waals surface area contributed by atoms with Crippen LogP contribution in [0, 0.1) is 6.92 Å². The summed E-state index contributed by atoms with van der Waals surface area (Å²) in [6.07, 6.45) is 1.17. The molecule has 0 spiro atoms. The van der Waals surface area contributed by atoms with Crippen molar-refractivity contribution >= 4 is 31.6 Å². The number of ether oxygens (including phenoxy) is 1. The number of carboxylic acids is 1. The maximum atomic E-state index is 13.5. The van der Waals surface area contributed by atoms with Crippen molar-refractivity contribution in [3.8, 4) is 11.1 Å². The number of sulfone groups is 2. The number of methoxy groups -OCH3 is 1. The third-order valence-corrected chi connectivity index (χ3v) is 11.0. The van der Waals surface area contributed by atoms with Crippen LogP contribution in [0.4, 0.5) is 0 Å². The topological polar surface area (TPSA) is 147 Å². The highest BCUT2D eigenvalue weighted by atomic mass is 32.2. The Kier molecular flexibility index (Phi) is 10.6. The second kappa shape index (κ2) is 14.0. The Hall–Kier alpha value is -3.58. The van der Waals surface area contributed by atoms with E-state index in [1.807, 2.05) is 37.3 Å². The zero-order valence-electron chi connectivity index (χ0n) is 25.0. The summed E-state index contributed by atoms with van der Waals surface area (Å²) in [6.45, 7) is 2.98. The fourth-order valence-electron chi connectivity index (χ4n) is 5.57. The molecule has 44 heavy (non-hydrogen) atoms. The molecule has 10 nitrogen and oxygen atoms in total. The zero-order valence-corrected chi connectivity index (χ0v) is 26.6. The van der Waals surface area contributed by atoms with E-state index < -0.39 is 42.8 Å². The van der Waals surface area contributed by atoms with Crippen LogP contribution in [0.3, 0.4) is 0 Å². The van der Waals surface area contributed by atoms with Crippen molar-refractivity contribution in [1.82, 2.24) is 10.2 Å². The molecule has 12 heteroatoms. The van der Waals surface area contributed by atoms with Gasteiger partial charge in [0.2, 0.25) is 0 Å². The van der Waals surface area contributed by atoms with Gasteiger partial charge in [-0.25, -0.2) is 21.6 Å². The molecule has 0 aliphatic carbocycles. The highest BCUT2D eigenvalue weighted by Gasteiger charge is 2.40. The van der Waals surface area contributed by atoms with Crippen molar-refractivity contribution in [3.63, 3.8) is 0 Å². The number of aliphatic carboxylic acids is 1. The molecule has 1 fully saturated rings. The van der Waals surface area contributed by atoms with Crippen LogP contribution in [0.5, 0.6) is 0 Å². The smallest absolute Gasteiger partial charge is 0.326 e. The van der Waals surface area contributed by atoms with Crippen LogP contribution >= 0.6 is 0 Å². The SMILES string of the molecule is COC[C@H]1C[C@@H](S(=O)(=O)c2ccccc2)CN1Cc1ccc(C(=O)N[C@@H](CCS(C)(=O)=O)C(=O)O)c(-c2ccccc2C)c1. The third kappa shape index (κ3) is 8.12. The lowest BCUT2D eigenvalue weighted by Gasteiger charge is -2.24. The summed E-state index contributed by atoms with van der Waals surface area (Å²) < 4.78 is 55.6. The van der Waals surface area contributed by atoms with E-state index in [-0.39, 0.29) is 28.7 Å². The summed E-state index contributed by atoms with van der Waals surface area (Å²) in [4.78, 5) is 27.7. The van der Waals surface area contributed by atoms with Gasteiger partial charge in [0.05, 0.1) is 22.5 Å². The molecule has 3 atom stereocenters. The first-order chi connectivity index (χ1) is 20.8. The summed E-state index contributed by atoms with van der Waals surface area (Å²) in [5.41, 5.74) is 3.35. The number of amides is 1. The molecule has 0 aromatic heterocycles. The van der Waals surface area contributed by atoms with Crippen LogP contribution in [0.15, 0.2) is 77.7 Å². The molecule has 0 bridgehead atoms. The van der Waals surface area contributed by atoms with E-state index in [1.165, 1.54) is 0 Å². The first kappa shape index (κ1) is 33.3. The lowest BCUT2D eigenvalue weighted by atomic mass is 9.93. The molecule has 1 heterocycles. The number of carbonyl (C=O) groups excluding carboxylic acids is 1. The predicted molar refractivity (Wildman–Crippen MR) is 168 cm³/mol. The average molecular weight is 643 g/mol. The quantitative estimate of drug-likeness (QED) is 0.287. The molecule has 1 saturated heterocycles. The van der Waals surface area contributed by atoms with Crippen LogP contribution in [0.1, 0.15) is 34.3 Å². The van der Waals surface area contributed by atoms with E-state index >= 15 is 0 Å². The van der Waals surface area contributed by atoms with Crippen LogP contribution in [0.2, 0.25) is 0 Å². The molecule has 0 radical (unpaired) electrons. The maximum Gasteiger partial charge on any atom is 0.326 e. The van der Waals surface area contributed by atoms with E-state index in [0.717, 1.165) is 22.9 Å². The Morgan fingerprint density at radius 2 is 1.68 bits per heavy atom. The number of hydrogen-bond acceptors (Lipinski definition) is 8. The van der Waals surface area contributed by atoms with E-state index in [0.29, 0.717) is 31.7 Å². The van der Waals surface area contributed by atoms with E-state index in [1.54, 1.807) is 49.6 Å². The second-order valence-electron chi connectivity index (χ2n) is 11.2. The van der Waals surface area contributed by atoms with Gasteiger partial charge in [-0.3, -0.25) is 9.69 Å². The molecule has 3 aromatic carbocycles. The van der Waals surface area contributed by atoms with Crippen LogP contribution in [-0.4, -0.2) is 88.3 Å². The minimum Gasteiger partial charge on any atom is -0.480 e. The van der Waals surface area contributed by atoms with Crippen LogP contribution < -0.4 is 5.32 Å². The number of rotatable bonds is 13. The largest absolute Gasteiger partial charge is 0.480 e. The van der Waals surface area contributed by atoms with E-state index in [9.17, 15) is 31.5 Å². The van der Waals surface area contributed by atoms with Crippen molar-refractivity contribution in [1.29, 1.82) is 0 Å². The number of benzene rings is 3. The summed E-state index contributed by atoms with van der Waals surface area (Å²) in [7, 11) is -5.40. The fourth-order valence-corrected chi connectivity index (χ4v) is 8.02. The van der Waals surface area contributed by atoms with E-state index in [4.69, 9.17) is 4.74 Å². The lowest BCUT2D eigenvalue weighted by Crippen LogP contribution is -2.42. The Morgan fingerprint density at radius 3 is 2.32 bits per heavy atom. The van der Waals surface area contributed by atoms with Crippen molar-refractivity contribution in [2.75, 3.05) is 32.3 Å². The monoisotopic (exact) mass is 642 g/mol. The fraction of sp³-hybridized carbons (Fsp3) is 0.375. The highest BCUT2D eigenvalue weighted by molar-refractivity contribution is 7.92. The molecule has 1 aliphatic rings. The van der Waals surface area contributed by atoms with Gasteiger partial charge < -0.3 is 15.2 Å². The summed E-state index contributed by atoms with van der Waals surface area (Å²) in [5.74, 6) is -2.34. The highest BCUT2D eigenvalue weighted by Crippen LogP contribution is 2.32. The lowest BCUT2D eigenvalue weighted by molar-refractivity contribution is -0.139. The molecule has 0 saturated carbocycles. The zero-order chi connectivity index (χ0) is 32.1. The standard InChI is InChI=1S/C32H38N2O8S2/c1-22-9-7-8-12-27(22)29-17-23(13-14-28(29)31(35)33-30(32(36)37)15-16-43(3,38)39)19-34-20-26(18-24(34)21-42-2)44(40,41)25-10-5-4-6-11-25/h4-14,17,24,26,30H,15-16,18-21H2,1-3H3,(H,33,35)(H,36,37)/t24-,26-,30+/m1/s1. The maximum absolute atomic E-state index is 13.5. The minimum absolute atomic E-state index is 0.139. The molecule has 0 unspecified atom stereocenters. The average Bonchev–Trinajstić information content (AvgIpc) is 3.38. The van der Waals surface area contributed by atoms with Crippen LogP contribution in [-0.2, 0) is 35.8 Å². The minimum atomic E-state index is -3.56. The van der Waals surface area contributed by atoms with Crippen molar-refractivity contribution in [2.24, 2.45) is 0 Å². The van der Waals surface area contributed by atoms with E-state index in [2.05, 4.69) is 10.2 Å². The number of nitrogens with one attached hydrogen (secondary N) is 1. The molecular formula is C32H38N2O8S2. The predicted octanol–water partition coefficient (Wildman–Crippen LogP) is 3.34. The van der Waals surface area contributed by atoms with Gasteiger partial charge in [-0.15, -0.1) is 0 Å². The normalized spacial score (nSPS) is 18.2. The Morgan fingerprint density at radius 1 is 1.00 bits per heavy atom. The van der Waals surface area contributed by atoms with Gasteiger partial charge in [-0.1, -0.05) is 48.5 Å². The third-order valence-electron chi connectivity index (χ3n) is 7.89. The molecule has 3 aromatic rings. The molecule has 2 N–H and O–H groups in total. The van der Waals surface area contributed by atoms with Crippen molar-refractivity contribution in [2.45, 2.75) is 48.5 Å². The Labute approximate surface area is 258 Å². The number of carbonyl (C=O) groups is 2. The van der Waals surface area contributed by atoms with Crippen molar-refractivity contribution in [3.05, 3.63) is 89.5 Å². The first-order valence-electron chi connectivity index (χ1n) is 14.2.